The molecule has 41 heavy (non-hydrogen) atoms. The highest BCUT2D eigenvalue weighted by molar-refractivity contribution is 6.32. The molecular weight excluding hydrogens is 580 g/mol. The van der Waals surface area contributed by atoms with Crippen LogP contribution in [0.15, 0.2) is 24.4 Å². The molecule has 2 aliphatic heterocycles. The van der Waals surface area contributed by atoms with Gasteiger partial charge in [-0.1, -0.05) is 11.6 Å². The fraction of sp³-hybridized carbons (Fsp3) is 0.400. The maximum atomic E-state index is 15.4. The molecule has 1 unspecified atom stereocenters. The van der Waals surface area contributed by atoms with E-state index in [0.717, 1.165) is 11.1 Å². The minimum absolute atomic E-state index is 0.0210. The van der Waals surface area contributed by atoms with E-state index in [-0.39, 0.29) is 59.5 Å². The van der Waals surface area contributed by atoms with Gasteiger partial charge in [-0.25, -0.2) is 14.2 Å². The van der Waals surface area contributed by atoms with Crippen LogP contribution in [0.4, 0.5) is 22.4 Å². The first-order chi connectivity index (χ1) is 19.3. The minimum atomic E-state index is -5.03. The van der Waals surface area contributed by atoms with Crippen molar-refractivity contribution in [3.05, 3.63) is 57.5 Å². The number of halogens is 5. The lowest BCUT2D eigenvalue weighted by molar-refractivity contribution is -0.277. The summed E-state index contributed by atoms with van der Waals surface area (Å²) < 4.78 is 62.4. The van der Waals surface area contributed by atoms with Gasteiger partial charge in [0.05, 0.1) is 5.56 Å². The normalized spacial score (nSPS) is 24.0. The Balaban J connectivity index is 1.20. The van der Waals surface area contributed by atoms with E-state index in [1.165, 1.54) is 18.2 Å². The lowest BCUT2D eigenvalue weighted by Crippen LogP contribution is -2.52. The standard InChI is InChI=1S/C25H21ClF4N4O7/c26-15-6-11(19(27)18-13(15)10-34(22(18)37)16-3-4-17(35)33-20(16)36)9-32-23(38)40-12-7-24(39,8-12)14-2-1-5-31-21(14)41-25(28,29)30/h1-2,5-6,12,16,39H,3-4,7-10H2,(H,32,38)(H,33,35,36). The van der Waals surface area contributed by atoms with Crippen LogP contribution in [0.25, 0.3) is 0 Å². The van der Waals surface area contributed by atoms with Crippen molar-refractivity contribution in [1.82, 2.24) is 20.5 Å². The van der Waals surface area contributed by atoms with E-state index in [1.54, 1.807) is 0 Å². The molecule has 1 aliphatic carbocycles. The van der Waals surface area contributed by atoms with Crippen LogP contribution in [0.2, 0.25) is 5.02 Å². The number of ether oxygens (including phenoxy) is 2. The largest absolute Gasteiger partial charge is 0.574 e. The lowest BCUT2D eigenvalue weighted by Gasteiger charge is -2.43. The summed E-state index contributed by atoms with van der Waals surface area (Å²) >= 11 is 6.29. The first kappa shape index (κ1) is 28.5. The summed E-state index contributed by atoms with van der Waals surface area (Å²) in [6.07, 6.45) is -6.24. The van der Waals surface area contributed by atoms with Crippen LogP contribution < -0.4 is 15.4 Å². The van der Waals surface area contributed by atoms with Crippen LogP contribution in [-0.4, -0.2) is 57.3 Å². The summed E-state index contributed by atoms with van der Waals surface area (Å²) in [5.74, 6) is -3.68. The van der Waals surface area contributed by atoms with Crippen molar-refractivity contribution in [2.45, 2.75) is 62.9 Å². The Morgan fingerprint density at radius 3 is 2.71 bits per heavy atom. The number of alkyl halides is 3. The third-order valence-corrected chi connectivity index (χ3v) is 7.43. The zero-order valence-corrected chi connectivity index (χ0v) is 21.6. The van der Waals surface area contributed by atoms with E-state index < -0.39 is 66.2 Å². The quantitative estimate of drug-likeness (QED) is 0.339. The molecule has 218 valence electrons. The van der Waals surface area contributed by atoms with E-state index in [4.69, 9.17) is 16.3 Å². The Labute approximate surface area is 233 Å². The predicted octanol–water partition coefficient (Wildman–Crippen LogP) is 2.81. The zero-order chi connectivity index (χ0) is 29.7. The Morgan fingerprint density at radius 1 is 1.29 bits per heavy atom. The van der Waals surface area contributed by atoms with Gasteiger partial charge in [-0.05, 0) is 24.6 Å². The number of fused-ring (bicyclic) bond motifs is 1. The van der Waals surface area contributed by atoms with Crippen LogP contribution in [0.1, 0.15) is 52.7 Å². The predicted molar refractivity (Wildman–Crippen MR) is 129 cm³/mol. The number of carbonyl (C=O) groups excluding carboxylic acids is 4. The van der Waals surface area contributed by atoms with Crippen molar-refractivity contribution >= 4 is 35.4 Å². The second-order valence-corrected chi connectivity index (χ2v) is 10.2. The summed E-state index contributed by atoms with van der Waals surface area (Å²) in [4.78, 5) is 53.7. The molecule has 4 amide bonds. The third kappa shape index (κ3) is 5.63. The van der Waals surface area contributed by atoms with Gasteiger partial charge in [0.2, 0.25) is 17.7 Å². The lowest BCUT2D eigenvalue weighted by atomic mass is 9.73. The monoisotopic (exact) mass is 600 g/mol. The summed E-state index contributed by atoms with van der Waals surface area (Å²) in [7, 11) is 0. The van der Waals surface area contributed by atoms with Crippen molar-refractivity contribution in [3.8, 4) is 5.88 Å². The number of carbonyl (C=O) groups is 4. The van der Waals surface area contributed by atoms with Crippen molar-refractivity contribution < 1.29 is 51.3 Å². The molecule has 1 atom stereocenters. The fourth-order valence-corrected chi connectivity index (χ4v) is 5.42. The molecule has 16 heteroatoms. The Morgan fingerprint density at radius 2 is 2.02 bits per heavy atom. The number of aromatic nitrogens is 1. The number of benzene rings is 1. The van der Waals surface area contributed by atoms with Gasteiger partial charge in [-0.3, -0.25) is 19.7 Å². The van der Waals surface area contributed by atoms with Crippen molar-refractivity contribution in [3.63, 3.8) is 0 Å². The molecular formula is C25H21ClF4N4O7. The number of hydrogen-bond acceptors (Lipinski definition) is 8. The van der Waals surface area contributed by atoms with Crippen LogP contribution in [0.3, 0.4) is 0 Å². The van der Waals surface area contributed by atoms with E-state index in [1.807, 2.05) is 0 Å². The van der Waals surface area contributed by atoms with Crippen molar-refractivity contribution in [2.75, 3.05) is 0 Å². The molecule has 0 radical (unpaired) electrons. The molecule has 0 spiro atoms. The number of pyridine rings is 1. The maximum absolute atomic E-state index is 15.4. The highest BCUT2D eigenvalue weighted by Crippen LogP contribution is 2.46. The van der Waals surface area contributed by atoms with E-state index in [2.05, 4.69) is 20.4 Å². The Kier molecular flexibility index (Phi) is 7.27. The number of hydrogen-bond donors (Lipinski definition) is 3. The van der Waals surface area contributed by atoms with Crippen LogP contribution in [-0.2, 0) is 33.0 Å². The smallest absolute Gasteiger partial charge is 0.446 e. The molecule has 1 saturated heterocycles. The molecule has 5 rings (SSSR count). The van der Waals surface area contributed by atoms with Gasteiger partial charge in [-0.15, -0.1) is 13.2 Å². The van der Waals surface area contributed by atoms with Gasteiger partial charge in [-0.2, -0.15) is 0 Å². The molecule has 2 aromatic rings. The molecule has 0 bridgehead atoms. The summed E-state index contributed by atoms with van der Waals surface area (Å²) in [5.41, 5.74) is -2.32. The number of aliphatic hydroxyl groups is 1. The summed E-state index contributed by atoms with van der Waals surface area (Å²) in [5, 5.41) is 15.2. The van der Waals surface area contributed by atoms with E-state index in [0.29, 0.717) is 0 Å². The Bertz CT molecular complexity index is 1450. The summed E-state index contributed by atoms with van der Waals surface area (Å²) in [6.45, 7) is -0.574. The van der Waals surface area contributed by atoms with E-state index >= 15 is 4.39 Å². The van der Waals surface area contributed by atoms with Gasteiger partial charge in [0.15, 0.2) is 0 Å². The SMILES string of the molecule is O=C1CCC(N2Cc3c(Cl)cc(CNC(=O)OC4CC(O)(c5cccnc5OC(F)(F)F)C4)c(F)c3C2=O)C(=O)N1. The number of alkyl carbamates (subject to hydrolysis) is 1. The topological polar surface area (TPSA) is 147 Å². The second kappa shape index (κ2) is 10.4. The van der Waals surface area contributed by atoms with Crippen molar-refractivity contribution in [2.24, 2.45) is 0 Å². The van der Waals surface area contributed by atoms with Gasteiger partial charge in [0.25, 0.3) is 5.91 Å². The van der Waals surface area contributed by atoms with Gasteiger partial charge in [0, 0.05) is 60.3 Å². The average molecular weight is 601 g/mol. The van der Waals surface area contributed by atoms with Crippen LogP contribution >= 0.6 is 11.6 Å². The number of piperidine rings is 1. The van der Waals surface area contributed by atoms with Crippen LogP contribution in [0, 0.1) is 5.82 Å². The first-order valence-electron chi connectivity index (χ1n) is 12.3. The number of nitrogens with zero attached hydrogens (tertiary/aromatic N) is 2. The molecule has 3 N–H and O–H groups in total. The highest BCUT2D eigenvalue weighted by Gasteiger charge is 2.49. The van der Waals surface area contributed by atoms with Crippen LogP contribution in [0.5, 0.6) is 5.88 Å². The maximum Gasteiger partial charge on any atom is 0.574 e. The molecule has 3 aliphatic rings. The highest BCUT2D eigenvalue weighted by atomic mass is 35.5. The Hall–Kier alpha value is -3.98. The molecule has 1 saturated carbocycles. The molecule has 2 fully saturated rings. The van der Waals surface area contributed by atoms with Crippen molar-refractivity contribution in [1.29, 1.82) is 0 Å². The number of amides is 4. The summed E-state index contributed by atoms with van der Waals surface area (Å²) in [6, 6.07) is 2.79. The average Bonchev–Trinajstić information content (AvgIpc) is 3.21. The number of imide groups is 1. The zero-order valence-electron chi connectivity index (χ0n) is 20.9. The van der Waals surface area contributed by atoms with Gasteiger partial charge >= 0.3 is 12.5 Å². The van der Waals surface area contributed by atoms with E-state index in [9.17, 15) is 37.5 Å². The number of nitrogens with one attached hydrogen (secondary N) is 2. The second-order valence-electron chi connectivity index (χ2n) is 9.81. The van der Waals surface area contributed by atoms with Gasteiger partial charge in [0.1, 0.15) is 23.6 Å². The van der Waals surface area contributed by atoms with Gasteiger partial charge < -0.3 is 24.8 Å². The fourth-order valence-electron chi connectivity index (χ4n) is 5.13. The molecule has 3 heterocycles. The molecule has 11 nitrogen and oxygen atoms in total. The first-order valence-corrected chi connectivity index (χ1v) is 12.7. The molecule has 1 aromatic heterocycles. The third-order valence-electron chi connectivity index (χ3n) is 7.09. The minimum Gasteiger partial charge on any atom is -0.446 e. The number of rotatable bonds is 6. The molecule has 1 aromatic carbocycles.